The van der Waals surface area contributed by atoms with Crippen LogP contribution in [0.15, 0.2) is 6.20 Å². The summed E-state index contributed by atoms with van der Waals surface area (Å²) in [4.78, 5) is 19.6. The van der Waals surface area contributed by atoms with E-state index in [1.54, 1.807) is 7.05 Å². The largest absolute Gasteiger partial charge is 0.365 e. The Kier molecular flexibility index (Phi) is 4.99. The molecule has 0 saturated heterocycles. The minimum Gasteiger partial charge on any atom is -0.365 e. The van der Waals surface area contributed by atoms with Crippen molar-refractivity contribution in [2.75, 3.05) is 17.7 Å². The van der Waals surface area contributed by atoms with Gasteiger partial charge < -0.3 is 16.4 Å². The summed E-state index contributed by atoms with van der Waals surface area (Å²) in [6, 6.07) is 0.0496. The molecule has 0 aliphatic rings. The molecule has 1 heterocycles. The molecule has 1 aromatic rings. The number of nitrogens with zero attached hydrogens (tertiary/aromatic N) is 2. The molecule has 6 nitrogen and oxygen atoms in total. The Bertz CT molecular complexity index is 458. The van der Waals surface area contributed by atoms with Crippen molar-refractivity contribution in [3.8, 4) is 0 Å². The Balaban J connectivity index is 3.13. The maximum atomic E-state index is 11.4. The van der Waals surface area contributed by atoms with Gasteiger partial charge in [-0.3, -0.25) is 4.79 Å². The summed E-state index contributed by atoms with van der Waals surface area (Å²) in [7, 11) is 1.71. The number of hydrogen-bond donors (Lipinski definition) is 4. The van der Waals surface area contributed by atoms with Crippen LogP contribution in [0.3, 0.4) is 0 Å². The molecule has 0 aromatic carbocycles. The molecule has 1 atom stereocenters. The molecule has 1 rings (SSSR count). The molecule has 19 heavy (non-hydrogen) atoms. The number of hydrogen-bond acceptors (Lipinski definition) is 6. The van der Waals surface area contributed by atoms with Crippen molar-refractivity contribution in [2.45, 2.75) is 38.0 Å². The molecule has 0 saturated carbocycles. The van der Waals surface area contributed by atoms with Crippen molar-refractivity contribution in [2.24, 2.45) is 5.73 Å². The van der Waals surface area contributed by atoms with Crippen LogP contribution in [-0.2, 0) is 0 Å². The summed E-state index contributed by atoms with van der Waals surface area (Å²) in [6.07, 6.45) is 2.26. The Labute approximate surface area is 119 Å². The summed E-state index contributed by atoms with van der Waals surface area (Å²) in [5.41, 5.74) is 5.61. The second-order valence-corrected chi connectivity index (χ2v) is 5.98. The summed E-state index contributed by atoms with van der Waals surface area (Å²) >= 11 is 4.56. The number of carbonyl (C=O) groups is 1. The topological polar surface area (TPSA) is 92.9 Å². The molecule has 1 amide bonds. The minimum absolute atomic E-state index is 0.0496. The minimum atomic E-state index is -0.558. The number of primary amides is 1. The molecule has 0 bridgehead atoms. The lowest BCUT2D eigenvalue weighted by Crippen LogP contribution is -2.38. The number of nitrogens with one attached hydrogen (secondary N) is 2. The normalized spacial score (nSPS) is 12.9. The van der Waals surface area contributed by atoms with Gasteiger partial charge in [0.05, 0.1) is 5.56 Å². The van der Waals surface area contributed by atoms with Crippen molar-refractivity contribution in [1.82, 2.24) is 9.97 Å². The predicted octanol–water partition coefficient (Wildman–Crippen LogP) is 1.52. The van der Waals surface area contributed by atoms with Crippen LogP contribution in [0.25, 0.3) is 0 Å². The van der Waals surface area contributed by atoms with E-state index in [9.17, 15) is 4.79 Å². The Morgan fingerprint density at radius 1 is 1.58 bits per heavy atom. The molecule has 0 unspecified atom stereocenters. The van der Waals surface area contributed by atoms with Crippen molar-refractivity contribution >= 4 is 30.3 Å². The fourth-order valence-corrected chi connectivity index (χ4v) is 1.98. The number of aromatic nitrogens is 2. The van der Waals surface area contributed by atoms with Crippen LogP contribution in [-0.4, -0.2) is 33.7 Å². The molecular weight excluding hydrogens is 262 g/mol. The average Bonchev–Trinajstić information content (AvgIpc) is 2.33. The van der Waals surface area contributed by atoms with Crippen LogP contribution in [0.1, 0.15) is 37.6 Å². The highest BCUT2D eigenvalue weighted by Gasteiger charge is 2.26. The number of thiol groups is 1. The van der Waals surface area contributed by atoms with Crippen LogP contribution >= 0.6 is 12.6 Å². The zero-order chi connectivity index (χ0) is 14.6. The van der Waals surface area contributed by atoms with Gasteiger partial charge in [0.2, 0.25) is 5.95 Å². The first-order chi connectivity index (χ1) is 8.79. The van der Waals surface area contributed by atoms with Crippen molar-refractivity contribution in [1.29, 1.82) is 0 Å². The molecule has 4 N–H and O–H groups in total. The molecule has 0 aliphatic carbocycles. The Morgan fingerprint density at radius 2 is 2.21 bits per heavy atom. The van der Waals surface area contributed by atoms with E-state index < -0.39 is 5.91 Å². The predicted molar refractivity (Wildman–Crippen MR) is 80.9 cm³/mol. The third-order valence-electron chi connectivity index (χ3n) is 2.85. The number of nitrogens with two attached hydrogens (primary N) is 1. The van der Waals surface area contributed by atoms with E-state index in [-0.39, 0.29) is 16.4 Å². The monoisotopic (exact) mass is 283 g/mol. The van der Waals surface area contributed by atoms with E-state index >= 15 is 0 Å². The van der Waals surface area contributed by atoms with E-state index in [4.69, 9.17) is 5.73 Å². The molecule has 0 aliphatic heterocycles. The molecule has 0 fully saturated rings. The molecule has 0 radical (unpaired) electrons. The number of carbonyl (C=O) groups excluding carboxylic acids is 1. The van der Waals surface area contributed by atoms with Gasteiger partial charge in [0.15, 0.2) is 0 Å². The zero-order valence-corrected chi connectivity index (χ0v) is 12.6. The van der Waals surface area contributed by atoms with Gasteiger partial charge in [-0.1, -0.05) is 6.92 Å². The number of anilines is 2. The van der Waals surface area contributed by atoms with Gasteiger partial charge in [0.25, 0.3) is 5.91 Å². The Hall–Kier alpha value is -1.50. The van der Waals surface area contributed by atoms with E-state index in [1.807, 2.05) is 20.8 Å². The summed E-state index contributed by atoms with van der Waals surface area (Å²) in [5, 5.41) is 6.06. The van der Waals surface area contributed by atoms with Gasteiger partial charge in [-0.05, 0) is 20.3 Å². The zero-order valence-electron chi connectivity index (χ0n) is 11.7. The highest BCUT2D eigenvalue weighted by atomic mass is 32.1. The van der Waals surface area contributed by atoms with Gasteiger partial charge in [0, 0.05) is 24.0 Å². The first-order valence-corrected chi connectivity index (χ1v) is 6.57. The quantitative estimate of drug-likeness (QED) is 0.594. The standard InChI is InChI=1S/C12H21N5OS/c1-5-8(12(2,3)19)16-10-7(9(13)18)6-15-11(14-4)17-10/h6,8,19H,5H2,1-4H3,(H2,13,18)(H2,14,15,16,17)/t8-/m0/s1. The average molecular weight is 283 g/mol. The number of rotatable bonds is 6. The maximum absolute atomic E-state index is 11.4. The van der Waals surface area contributed by atoms with Crippen LogP contribution in [0.5, 0.6) is 0 Å². The molecule has 7 heteroatoms. The van der Waals surface area contributed by atoms with Crippen LogP contribution in [0, 0.1) is 0 Å². The lowest BCUT2D eigenvalue weighted by atomic mass is 10.0. The maximum Gasteiger partial charge on any atom is 0.254 e. The van der Waals surface area contributed by atoms with Gasteiger partial charge in [-0.2, -0.15) is 17.6 Å². The van der Waals surface area contributed by atoms with Crippen LogP contribution < -0.4 is 16.4 Å². The summed E-state index contributed by atoms with van der Waals surface area (Å²) in [6.45, 7) is 6.04. The molecule has 106 valence electrons. The second kappa shape index (κ2) is 6.10. The number of amides is 1. The van der Waals surface area contributed by atoms with Crippen molar-refractivity contribution in [3.63, 3.8) is 0 Å². The first kappa shape index (κ1) is 15.6. The van der Waals surface area contributed by atoms with Gasteiger partial charge >= 0.3 is 0 Å². The lowest BCUT2D eigenvalue weighted by molar-refractivity contribution is 0.100. The van der Waals surface area contributed by atoms with E-state index in [1.165, 1.54) is 6.20 Å². The van der Waals surface area contributed by atoms with Gasteiger partial charge in [-0.25, -0.2) is 4.98 Å². The van der Waals surface area contributed by atoms with Gasteiger partial charge in [-0.15, -0.1) is 0 Å². The van der Waals surface area contributed by atoms with Crippen LogP contribution in [0.2, 0.25) is 0 Å². The molecular formula is C12H21N5OS. The smallest absolute Gasteiger partial charge is 0.254 e. The lowest BCUT2D eigenvalue weighted by Gasteiger charge is -2.30. The van der Waals surface area contributed by atoms with Crippen LogP contribution in [0.4, 0.5) is 11.8 Å². The van der Waals surface area contributed by atoms with Crippen molar-refractivity contribution < 1.29 is 4.79 Å². The first-order valence-electron chi connectivity index (χ1n) is 6.13. The SMILES string of the molecule is CC[C@H](Nc1nc(NC)ncc1C(N)=O)C(C)(C)S. The fraction of sp³-hybridized carbons (Fsp3) is 0.583. The summed E-state index contributed by atoms with van der Waals surface area (Å²) < 4.78 is -0.256. The molecule has 0 spiro atoms. The summed E-state index contributed by atoms with van der Waals surface area (Å²) in [5.74, 6) is 0.303. The van der Waals surface area contributed by atoms with E-state index in [0.717, 1.165) is 6.42 Å². The van der Waals surface area contributed by atoms with Crippen molar-refractivity contribution in [3.05, 3.63) is 11.8 Å². The van der Waals surface area contributed by atoms with E-state index in [2.05, 4.69) is 33.2 Å². The second-order valence-electron chi connectivity index (χ2n) is 4.83. The third kappa shape index (κ3) is 3.99. The fourth-order valence-electron chi connectivity index (χ4n) is 1.74. The third-order valence-corrected chi connectivity index (χ3v) is 3.16. The Morgan fingerprint density at radius 3 is 2.63 bits per heavy atom. The van der Waals surface area contributed by atoms with E-state index in [0.29, 0.717) is 11.8 Å². The highest BCUT2D eigenvalue weighted by Crippen LogP contribution is 2.25. The van der Waals surface area contributed by atoms with Gasteiger partial charge in [0.1, 0.15) is 5.82 Å². The highest BCUT2D eigenvalue weighted by molar-refractivity contribution is 7.81. The molecule has 1 aromatic heterocycles.